The van der Waals surface area contributed by atoms with E-state index in [1.807, 2.05) is 12.1 Å². The predicted octanol–water partition coefficient (Wildman–Crippen LogP) is 0.959. The third-order valence-corrected chi connectivity index (χ3v) is 5.29. The maximum Gasteiger partial charge on any atom is 0.231 e. The Kier molecular flexibility index (Phi) is 2.47. The van der Waals surface area contributed by atoms with Crippen LogP contribution in [0.25, 0.3) is 0 Å². The first kappa shape index (κ1) is 12.8. The van der Waals surface area contributed by atoms with Crippen LogP contribution in [0.2, 0.25) is 0 Å². The zero-order valence-electron chi connectivity index (χ0n) is 10.5. The quantitative estimate of drug-likeness (QED) is 0.804. The minimum atomic E-state index is -3.49. The number of nitriles is 2. The smallest absolute Gasteiger partial charge is 0.231 e. The van der Waals surface area contributed by atoms with Gasteiger partial charge in [-0.05, 0) is 17.7 Å². The fourth-order valence-corrected chi connectivity index (χ4v) is 4.49. The number of fused-ring (bicyclic) bond motifs is 1. The van der Waals surface area contributed by atoms with Gasteiger partial charge >= 0.3 is 0 Å². The molecule has 0 radical (unpaired) electrons. The molecule has 6 nitrogen and oxygen atoms in total. The molecule has 0 aromatic heterocycles. The molecular formula is C13H10N2O4S. The standard InChI is InChI=1S/C13H10N2O4S/c1-20(16,17)12-11(13(12,5-14)6-15)8-2-3-9-10(4-8)19-7-18-9/h2-4,11-12H,7H2,1H3/t11-,12+/m0/s1. The van der Waals surface area contributed by atoms with Gasteiger partial charge in [-0.15, -0.1) is 0 Å². The molecule has 1 aromatic carbocycles. The zero-order chi connectivity index (χ0) is 14.5. The summed E-state index contributed by atoms with van der Waals surface area (Å²) >= 11 is 0. The number of rotatable bonds is 2. The third-order valence-electron chi connectivity index (χ3n) is 3.72. The molecule has 0 N–H and O–H groups in total. The fourth-order valence-electron chi connectivity index (χ4n) is 2.78. The minimum Gasteiger partial charge on any atom is -0.454 e. The summed E-state index contributed by atoms with van der Waals surface area (Å²) in [7, 11) is -3.49. The molecule has 2 atom stereocenters. The first-order valence-electron chi connectivity index (χ1n) is 5.85. The first-order valence-corrected chi connectivity index (χ1v) is 7.80. The monoisotopic (exact) mass is 290 g/mol. The van der Waals surface area contributed by atoms with Gasteiger partial charge in [-0.25, -0.2) is 8.42 Å². The Morgan fingerprint density at radius 2 is 1.90 bits per heavy atom. The lowest BCUT2D eigenvalue weighted by Crippen LogP contribution is -2.11. The second kappa shape index (κ2) is 3.87. The van der Waals surface area contributed by atoms with Crippen LogP contribution in [-0.2, 0) is 9.84 Å². The van der Waals surface area contributed by atoms with Crippen LogP contribution >= 0.6 is 0 Å². The van der Waals surface area contributed by atoms with Crippen molar-refractivity contribution in [3.8, 4) is 23.6 Å². The molecule has 0 unspecified atom stereocenters. The first-order chi connectivity index (χ1) is 9.44. The molecule has 7 heteroatoms. The van der Waals surface area contributed by atoms with Crippen LogP contribution in [-0.4, -0.2) is 26.7 Å². The van der Waals surface area contributed by atoms with E-state index in [1.54, 1.807) is 18.2 Å². The van der Waals surface area contributed by atoms with Gasteiger partial charge in [0.25, 0.3) is 0 Å². The number of hydrogen-bond acceptors (Lipinski definition) is 6. The summed E-state index contributed by atoms with van der Waals surface area (Å²) in [5.41, 5.74) is -0.908. The number of benzene rings is 1. The molecular weight excluding hydrogens is 280 g/mol. The summed E-state index contributed by atoms with van der Waals surface area (Å²) in [6.45, 7) is 0.112. The lowest BCUT2D eigenvalue weighted by atomic mass is 10.0. The molecule has 2 aliphatic rings. The van der Waals surface area contributed by atoms with Gasteiger partial charge in [-0.2, -0.15) is 10.5 Å². The maximum absolute atomic E-state index is 11.8. The van der Waals surface area contributed by atoms with Crippen molar-refractivity contribution in [3.63, 3.8) is 0 Å². The Hall–Kier alpha value is -2.25. The Labute approximate surface area is 116 Å². The third kappa shape index (κ3) is 1.57. The summed E-state index contributed by atoms with van der Waals surface area (Å²) < 4.78 is 34.0. The van der Waals surface area contributed by atoms with Gasteiger partial charge in [0.1, 0.15) is 5.25 Å². The van der Waals surface area contributed by atoms with Crippen LogP contribution in [0.15, 0.2) is 18.2 Å². The minimum absolute atomic E-state index is 0.112. The average molecular weight is 290 g/mol. The second-order valence-electron chi connectivity index (χ2n) is 4.93. The zero-order valence-corrected chi connectivity index (χ0v) is 11.3. The van der Waals surface area contributed by atoms with Crippen molar-refractivity contribution < 1.29 is 17.9 Å². The number of hydrogen-bond donors (Lipinski definition) is 0. The van der Waals surface area contributed by atoms with Crippen molar-refractivity contribution in [2.45, 2.75) is 11.2 Å². The van der Waals surface area contributed by atoms with Gasteiger partial charge in [0.2, 0.25) is 6.79 Å². The highest BCUT2D eigenvalue weighted by Gasteiger charge is 2.72. The summed E-state index contributed by atoms with van der Waals surface area (Å²) in [6.07, 6.45) is 1.05. The molecule has 0 amide bonds. The summed E-state index contributed by atoms with van der Waals surface area (Å²) in [5.74, 6) is 0.429. The Morgan fingerprint density at radius 3 is 2.45 bits per heavy atom. The lowest BCUT2D eigenvalue weighted by Gasteiger charge is -2.01. The molecule has 1 aliphatic carbocycles. The number of ether oxygens (including phenoxy) is 2. The maximum atomic E-state index is 11.8. The van der Waals surface area contributed by atoms with E-state index in [-0.39, 0.29) is 6.79 Å². The molecule has 102 valence electrons. The van der Waals surface area contributed by atoms with E-state index in [9.17, 15) is 18.9 Å². The summed E-state index contributed by atoms with van der Waals surface area (Å²) in [4.78, 5) is 0. The number of nitrogens with zero attached hydrogens (tertiary/aromatic N) is 2. The summed E-state index contributed by atoms with van der Waals surface area (Å²) in [5, 5.41) is 17.5. The fraction of sp³-hybridized carbons (Fsp3) is 0.385. The van der Waals surface area contributed by atoms with E-state index in [1.165, 1.54) is 0 Å². The lowest BCUT2D eigenvalue weighted by molar-refractivity contribution is 0.174. The molecule has 1 aliphatic heterocycles. The molecule has 0 bridgehead atoms. The van der Waals surface area contributed by atoms with Gasteiger partial charge in [-0.1, -0.05) is 6.07 Å². The van der Waals surface area contributed by atoms with Crippen molar-refractivity contribution in [2.24, 2.45) is 5.41 Å². The highest BCUT2D eigenvalue weighted by atomic mass is 32.2. The van der Waals surface area contributed by atoms with Crippen LogP contribution in [0.1, 0.15) is 11.5 Å². The van der Waals surface area contributed by atoms with Crippen molar-refractivity contribution in [2.75, 3.05) is 13.0 Å². The van der Waals surface area contributed by atoms with Crippen LogP contribution in [0, 0.1) is 28.1 Å². The molecule has 1 aromatic rings. The van der Waals surface area contributed by atoms with Gasteiger partial charge in [0.15, 0.2) is 26.8 Å². The van der Waals surface area contributed by atoms with Gasteiger partial charge in [-0.3, -0.25) is 0 Å². The predicted molar refractivity (Wildman–Crippen MR) is 67.6 cm³/mol. The van der Waals surface area contributed by atoms with E-state index in [0.717, 1.165) is 6.26 Å². The van der Waals surface area contributed by atoms with E-state index < -0.39 is 26.4 Å². The molecule has 20 heavy (non-hydrogen) atoms. The van der Waals surface area contributed by atoms with Crippen molar-refractivity contribution >= 4 is 9.84 Å². The molecule has 1 saturated carbocycles. The normalized spacial score (nSPS) is 25.6. The Bertz CT molecular complexity index is 759. The van der Waals surface area contributed by atoms with E-state index in [2.05, 4.69) is 0 Å². The molecule has 3 rings (SSSR count). The van der Waals surface area contributed by atoms with Gasteiger partial charge in [0, 0.05) is 12.2 Å². The molecule has 0 spiro atoms. The molecule has 1 fully saturated rings. The molecule has 0 saturated heterocycles. The van der Waals surface area contributed by atoms with Crippen molar-refractivity contribution in [3.05, 3.63) is 23.8 Å². The van der Waals surface area contributed by atoms with Crippen molar-refractivity contribution in [1.29, 1.82) is 10.5 Å². The topological polar surface area (TPSA) is 100 Å². The van der Waals surface area contributed by atoms with Crippen LogP contribution in [0.3, 0.4) is 0 Å². The SMILES string of the molecule is CS(=O)(=O)[C@@H]1[C@H](c2ccc3c(c2)OCO3)C1(C#N)C#N. The second-order valence-corrected chi connectivity index (χ2v) is 7.10. The van der Waals surface area contributed by atoms with E-state index >= 15 is 0 Å². The highest BCUT2D eigenvalue weighted by Crippen LogP contribution is 2.62. The Morgan fingerprint density at radius 1 is 1.25 bits per heavy atom. The average Bonchev–Trinajstić information content (AvgIpc) is 2.89. The summed E-state index contributed by atoms with van der Waals surface area (Å²) in [6, 6.07) is 8.70. The van der Waals surface area contributed by atoms with Crippen LogP contribution in [0.5, 0.6) is 11.5 Å². The van der Waals surface area contributed by atoms with Gasteiger partial charge < -0.3 is 9.47 Å². The van der Waals surface area contributed by atoms with Crippen LogP contribution in [0.4, 0.5) is 0 Å². The van der Waals surface area contributed by atoms with Gasteiger partial charge in [0.05, 0.1) is 12.1 Å². The van der Waals surface area contributed by atoms with Crippen LogP contribution < -0.4 is 9.47 Å². The Balaban J connectivity index is 2.07. The highest BCUT2D eigenvalue weighted by molar-refractivity contribution is 7.91. The van der Waals surface area contributed by atoms with Crippen molar-refractivity contribution in [1.82, 2.24) is 0 Å². The largest absolute Gasteiger partial charge is 0.454 e. The molecule has 1 heterocycles. The number of sulfone groups is 1. The van der Waals surface area contributed by atoms with E-state index in [4.69, 9.17) is 9.47 Å². The van der Waals surface area contributed by atoms with E-state index in [0.29, 0.717) is 17.1 Å².